The average Bonchev–Trinajstić information content (AvgIpc) is 2.91. The fraction of sp³-hybridized carbons (Fsp3) is 0.273. The molecule has 0 spiro atoms. The minimum atomic E-state index is 0.0398. The molecule has 0 N–H and O–H groups in total. The zero-order valence-electron chi connectivity index (χ0n) is 15.5. The van der Waals surface area contributed by atoms with Gasteiger partial charge < -0.3 is 0 Å². The molecule has 0 unspecified atom stereocenters. The highest BCUT2D eigenvalue weighted by molar-refractivity contribution is 8.18. The maximum absolute atomic E-state index is 12.9. The Morgan fingerprint density at radius 1 is 1.08 bits per heavy atom. The van der Waals surface area contributed by atoms with Crippen molar-refractivity contribution in [1.29, 1.82) is 0 Å². The third-order valence-electron chi connectivity index (χ3n) is 4.10. The summed E-state index contributed by atoms with van der Waals surface area (Å²) >= 11 is 1.46. The number of amidine groups is 1. The first-order chi connectivity index (χ1) is 12.6. The molecule has 4 heteroatoms. The number of amides is 1. The second kappa shape index (κ2) is 8.37. The van der Waals surface area contributed by atoms with E-state index in [1.54, 1.807) is 4.90 Å². The summed E-state index contributed by atoms with van der Waals surface area (Å²) in [7, 11) is 0. The minimum absolute atomic E-state index is 0.0398. The molecule has 0 atom stereocenters. The number of hydrogen-bond acceptors (Lipinski definition) is 3. The minimum Gasteiger partial charge on any atom is -0.286 e. The molecule has 1 saturated heterocycles. The van der Waals surface area contributed by atoms with E-state index in [1.807, 2.05) is 36.4 Å². The predicted octanol–water partition coefficient (Wildman–Crippen LogP) is 5.51. The van der Waals surface area contributed by atoms with Crippen LogP contribution < -0.4 is 0 Å². The lowest BCUT2D eigenvalue weighted by atomic mass is 10.1. The summed E-state index contributed by atoms with van der Waals surface area (Å²) in [6.45, 7) is 7.04. The van der Waals surface area contributed by atoms with Gasteiger partial charge in [0.25, 0.3) is 5.91 Å². The fourth-order valence-electron chi connectivity index (χ4n) is 2.73. The molecule has 0 radical (unpaired) electrons. The van der Waals surface area contributed by atoms with Crippen LogP contribution in [0, 0.1) is 5.92 Å². The van der Waals surface area contributed by atoms with Crippen molar-refractivity contribution in [2.24, 2.45) is 10.9 Å². The number of nitrogens with zero attached hydrogens (tertiary/aromatic N) is 2. The third-order valence-corrected chi connectivity index (χ3v) is 5.11. The van der Waals surface area contributed by atoms with Crippen LogP contribution in [0.15, 0.2) is 64.5 Å². The normalized spacial score (nSPS) is 17.7. The van der Waals surface area contributed by atoms with Gasteiger partial charge in [-0.15, -0.1) is 0 Å². The summed E-state index contributed by atoms with van der Waals surface area (Å²) in [5, 5.41) is 0.756. The van der Waals surface area contributed by atoms with Crippen molar-refractivity contribution in [3.05, 3.63) is 70.6 Å². The number of benzene rings is 2. The number of para-hydroxylation sites is 1. The van der Waals surface area contributed by atoms with E-state index in [9.17, 15) is 4.79 Å². The lowest BCUT2D eigenvalue weighted by Crippen LogP contribution is -2.32. The maximum atomic E-state index is 12.9. The van der Waals surface area contributed by atoms with Crippen molar-refractivity contribution in [3.8, 4) is 0 Å². The van der Waals surface area contributed by atoms with E-state index in [-0.39, 0.29) is 5.91 Å². The van der Waals surface area contributed by atoms with Crippen molar-refractivity contribution in [1.82, 2.24) is 4.90 Å². The number of aryl methyl sites for hydroxylation is 1. The Morgan fingerprint density at radius 3 is 2.38 bits per heavy atom. The molecule has 0 aromatic heterocycles. The zero-order valence-corrected chi connectivity index (χ0v) is 16.3. The lowest BCUT2D eigenvalue weighted by molar-refractivity contribution is -0.122. The van der Waals surface area contributed by atoms with E-state index in [4.69, 9.17) is 4.99 Å². The Labute approximate surface area is 159 Å². The quantitative estimate of drug-likeness (QED) is 0.655. The van der Waals surface area contributed by atoms with Crippen LogP contribution in [0.1, 0.15) is 31.9 Å². The van der Waals surface area contributed by atoms with E-state index in [1.165, 1.54) is 17.3 Å². The van der Waals surface area contributed by atoms with E-state index in [0.717, 1.165) is 27.7 Å². The average molecular weight is 365 g/mol. The fourth-order valence-corrected chi connectivity index (χ4v) is 3.74. The number of hydrogen-bond donors (Lipinski definition) is 0. The van der Waals surface area contributed by atoms with Crippen molar-refractivity contribution in [2.45, 2.75) is 27.2 Å². The van der Waals surface area contributed by atoms with Gasteiger partial charge in [-0.25, -0.2) is 4.99 Å². The van der Waals surface area contributed by atoms with Crippen LogP contribution in [0.3, 0.4) is 0 Å². The van der Waals surface area contributed by atoms with Crippen molar-refractivity contribution in [3.63, 3.8) is 0 Å². The van der Waals surface area contributed by atoms with Gasteiger partial charge in [-0.05, 0) is 53.4 Å². The monoisotopic (exact) mass is 364 g/mol. The largest absolute Gasteiger partial charge is 0.286 e. The maximum Gasteiger partial charge on any atom is 0.266 e. The van der Waals surface area contributed by atoms with Crippen LogP contribution in [0.25, 0.3) is 6.08 Å². The van der Waals surface area contributed by atoms with Crippen molar-refractivity contribution < 1.29 is 4.79 Å². The molecule has 1 aliphatic rings. The predicted molar refractivity (Wildman–Crippen MR) is 111 cm³/mol. The first-order valence-corrected chi connectivity index (χ1v) is 9.82. The highest BCUT2D eigenvalue weighted by Gasteiger charge is 2.33. The Balaban J connectivity index is 1.91. The Bertz CT molecular complexity index is 823. The van der Waals surface area contributed by atoms with Gasteiger partial charge in [-0.1, -0.05) is 63.2 Å². The summed E-state index contributed by atoms with van der Waals surface area (Å²) in [5.74, 6) is 0.418. The molecule has 2 aromatic carbocycles. The van der Waals surface area contributed by atoms with Gasteiger partial charge in [0, 0.05) is 6.54 Å². The van der Waals surface area contributed by atoms with E-state index in [0.29, 0.717) is 12.5 Å². The van der Waals surface area contributed by atoms with Gasteiger partial charge in [0.05, 0.1) is 10.6 Å². The molecule has 1 fully saturated rings. The van der Waals surface area contributed by atoms with Crippen LogP contribution in [0.5, 0.6) is 0 Å². The molecule has 3 nitrogen and oxygen atoms in total. The molecule has 134 valence electrons. The highest BCUT2D eigenvalue weighted by atomic mass is 32.2. The van der Waals surface area contributed by atoms with Crippen molar-refractivity contribution >= 4 is 34.6 Å². The van der Waals surface area contributed by atoms with Crippen molar-refractivity contribution in [2.75, 3.05) is 6.54 Å². The summed E-state index contributed by atoms with van der Waals surface area (Å²) in [5.41, 5.74) is 3.21. The summed E-state index contributed by atoms with van der Waals surface area (Å²) in [4.78, 5) is 20.2. The van der Waals surface area contributed by atoms with Crippen LogP contribution in [0.2, 0.25) is 0 Å². The number of thioether (sulfide) groups is 1. The smallest absolute Gasteiger partial charge is 0.266 e. The second-order valence-electron chi connectivity index (χ2n) is 6.75. The molecule has 26 heavy (non-hydrogen) atoms. The zero-order chi connectivity index (χ0) is 18.5. The van der Waals surface area contributed by atoms with E-state index < -0.39 is 0 Å². The van der Waals surface area contributed by atoms with Crippen LogP contribution in [-0.2, 0) is 11.2 Å². The first-order valence-electron chi connectivity index (χ1n) is 9.01. The molecular formula is C22H24N2OS. The van der Waals surface area contributed by atoms with Gasteiger partial charge >= 0.3 is 0 Å². The summed E-state index contributed by atoms with van der Waals surface area (Å²) < 4.78 is 0. The van der Waals surface area contributed by atoms with E-state index >= 15 is 0 Å². The van der Waals surface area contributed by atoms with Gasteiger partial charge in [0.15, 0.2) is 5.17 Å². The number of carbonyl (C=O) groups is 1. The summed E-state index contributed by atoms with van der Waals surface area (Å²) in [6, 6.07) is 18.2. The molecule has 3 rings (SSSR count). The Hall–Kier alpha value is -2.33. The molecule has 0 bridgehead atoms. The lowest BCUT2D eigenvalue weighted by Gasteiger charge is -2.17. The number of aliphatic imine (C=N–C) groups is 1. The highest BCUT2D eigenvalue weighted by Crippen LogP contribution is 2.34. The third kappa shape index (κ3) is 4.44. The number of carbonyl (C=O) groups excluding carboxylic acids is 1. The number of rotatable bonds is 5. The van der Waals surface area contributed by atoms with Gasteiger partial charge in [-0.3, -0.25) is 9.69 Å². The Morgan fingerprint density at radius 2 is 1.77 bits per heavy atom. The molecule has 1 heterocycles. The summed E-state index contributed by atoms with van der Waals surface area (Å²) in [6.07, 6.45) is 2.98. The van der Waals surface area contributed by atoms with Gasteiger partial charge in [0.2, 0.25) is 0 Å². The molecule has 1 aliphatic heterocycles. The molecular weight excluding hydrogens is 340 g/mol. The van der Waals surface area contributed by atoms with Crippen LogP contribution >= 0.6 is 11.8 Å². The van der Waals surface area contributed by atoms with Gasteiger partial charge in [-0.2, -0.15) is 0 Å². The molecule has 2 aromatic rings. The van der Waals surface area contributed by atoms with Gasteiger partial charge in [0.1, 0.15) is 0 Å². The van der Waals surface area contributed by atoms with Crippen LogP contribution in [-0.4, -0.2) is 22.5 Å². The first kappa shape index (κ1) is 18.5. The SMILES string of the molecule is CCc1ccc(/C=C2\SC(=Nc3ccccc3)N(CC(C)C)C2=O)cc1. The second-order valence-corrected chi connectivity index (χ2v) is 7.75. The topological polar surface area (TPSA) is 32.7 Å². The van der Waals surface area contributed by atoms with E-state index in [2.05, 4.69) is 45.0 Å². The molecule has 0 saturated carbocycles. The molecule has 1 amide bonds. The van der Waals surface area contributed by atoms with Crippen LogP contribution in [0.4, 0.5) is 5.69 Å². The molecule has 0 aliphatic carbocycles. The standard InChI is InChI=1S/C22H24N2OS/c1-4-17-10-12-18(13-11-17)14-20-21(25)24(15-16(2)3)22(26-20)23-19-8-6-5-7-9-19/h5-14,16H,4,15H2,1-3H3/b20-14-,23-22?. The Kier molecular flexibility index (Phi) is 5.94.